The van der Waals surface area contributed by atoms with Gasteiger partial charge in [-0.2, -0.15) is 0 Å². The predicted octanol–water partition coefficient (Wildman–Crippen LogP) is 1.68. The Morgan fingerprint density at radius 2 is 2.30 bits per heavy atom. The van der Waals surface area contributed by atoms with Crippen LogP contribution in [0.5, 0.6) is 0 Å². The number of carbonyl (C=O) groups is 1. The number of rotatable bonds is 5. The minimum Gasteiger partial charge on any atom is -0.335 e. The Bertz CT molecular complexity index is 540. The van der Waals surface area contributed by atoms with E-state index in [4.69, 9.17) is 0 Å². The molecule has 0 aromatic carbocycles. The van der Waals surface area contributed by atoms with Crippen LogP contribution in [0, 0.1) is 0 Å². The molecule has 1 aromatic heterocycles. The first-order chi connectivity index (χ1) is 9.47. The quantitative estimate of drug-likeness (QED) is 0.899. The van der Waals surface area contributed by atoms with Gasteiger partial charge in [-0.25, -0.2) is 13.1 Å². The monoisotopic (exact) mass is 316 g/mol. The van der Waals surface area contributed by atoms with Crippen LogP contribution in [0.25, 0.3) is 0 Å². The van der Waals surface area contributed by atoms with E-state index in [9.17, 15) is 13.2 Å². The fourth-order valence-corrected chi connectivity index (χ4v) is 3.69. The van der Waals surface area contributed by atoms with E-state index in [-0.39, 0.29) is 11.9 Å². The highest BCUT2D eigenvalue weighted by Gasteiger charge is 2.27. The average molecular weight is 316 g/mol. The molecular formula is C13H20N2O3S2. The molecule has 2 rings (SSSR count). The first kappa shape index (κ1) is 15.5. The molecule has 7 heteroatoms. The number of likely N-dealkylation sites (tertiary alicyclic amines) is 1. The Hall–Kier alpha value is -0.920. The van der Waals surface area contributed by atoms with Crippen LogP contribution < -0.4 is 4.72 Å². The molecule has 112 valence electrons. The summed E-state index contributed by atoms with van der Waals surface area (Å²) in [6.07, 6.45) is 4.89. The van der Waals surface area contributed by atoms with Gasteiger partial charge in [0.25, 0.3) is 5.91 Å². The zero-order valence-corrected chi connectivity index (χ0v) is 13.2. The summed E-state index contributed by atoms with van der Waals surface area (Å²) in [5.41, 5.74) is 0. The molecule has 20 heavy (non-hydrogen) atoms. The smallest absolute Gasteiger partial charge is 0.264 e. The van der Waals surface area contributed by atoms with Gasteiger partial charge in [-0.05, 0) is 37.1 Å². The Labute approximate surface area is 124 Å². The number of carbonyl (C=O) groups excluding carboxylic acids is 1. The van der Waals surface area contributed by atoms with Gasteiger partial charge < -0.3 is 4.90 Å². The van der Waals surface area contributed by atoms with Gasteiger partial charge in [-0.3, -0.25) is 4.79 Å². The third kappa shape index (κ3) is 4.29. The molecule has 0 spiro atoms. The van der Waals surface area contributed by atoms with Gasteiger partial charge in [-0.1, -0.05) is 6.07 Å². The van der Waals surface area contributed by atoms with Crippen molar-refractivity contribution in [1.82, 2.24) is 9.62 Å². The van der Waals surface area contributed by atoms with Gasteiger partial charge in [-0.15, -0.1) is 11.3 Å². The van der Waals surface area contributed by atoms with Crippen molar-refractivity contribution in [3.63, 3.8) is 0 Å². The maximum Gasteiger partial charge on any atom is 0.264 e. The molecule has 2 heterocycles. The van der Waals surface area contributed by atoms with Gasteiger partial charge in [0.15, 0.2) is 0 Å². The summed E-state index contributed by atoms with van der Waals surface area (Å²) in [5.74, 6) is 0.0732. The molecule has 1 aliphatic rings. The van der Waals surface area contributed by atoms with Crippen LogP contribution in [-0.2, 0) is 10.0 Å². The Balaban J connectivity index is 1.96. The van der Waals surface area contributed by atoms with Crippen molar-refractivity contribution in [1.29, 1.82) is 0 Å². The van der Waals surface area contributed by atoms with Crippen molar-refractivity contribution in [3.8, 4) is 0 Å². The molecule has 1 saturated heterocycles. The molecule has 1 N–H and O–H groups in total. The number of hydrogen-bond donors (Lipinski definition) is 1. The molecule has 0 radical (unpaired) electrons. The van der Waals surface area contributed by atoms with E-state index in [0.717, 1.165) is 36.9 Å². The summed E-state index contributed by atoms with van der Waals surface area (Å²) in [6.45, 7) is 1.15. The Morgan fingerprint density at radius 1 is 1.50 bits per heavy atom. The Morgan fingerprint density at radius 3 is 2.95 bits per heavy atom. The maximum atomic E-state index is 12.4. The van der Waals surface area contributed by atoms with Crippen LogP contribution in [0.2, 0.25) is 0 Å². The van der Waals surface area contributed by atoms with E-state index in [2.05, 4.69) is 4.72 Å². The minimum absolute atomic E-state index is 0.0732. The maximum absolute atomic E-state index is 12.4. The van der Waals surface area contributed by atoms with E-state index in [0.29, 0.717) is 13.0 Å². The Kier molecular flexibility index (Phi) is 5.17. The second kappa shape index (κ2) is 6.69. The van der Waals surface area contributed by atoms with Crippen LogP contribution in [0.15, 0.2) is 17.5 Å². The van der Waals surface area contributed by atoms with Crippen molar-refractivity contribution >= 4 is 27.3 Å². The van der Waals surface area contributed by atoms with Crippen LogP contribution >= 0.6 is 11.3 Å². The molecule has 0 saturated carbocycles. The van der Waals surface area contributed by atoms with Crippen LogP contribution in [0.3, 0.4) is 0 Å². The first-order valence-corrected chi connectivity index (χ1v) is 9.53. The van der Waals surface area contributed by atoms with Crippen molar-refractivity contribution in [2.24, 2.45) is 0 Å². The molecule has 1 aromatic rings. The zero-order valence-electron chi connectivity index (χ0n) is 11.5. The molecule has 1 atom stereocenters. The number of nitrogens with zero attached hydrogens (tertiary/aromatic N) is 1. The van der Waals surface area contributed by atoms with Gasteiger partial charge in [0.2, 0.25) is 10.0 Å². The van der Waals surface area contributed by atoms with Gasteiger partial charge >= 0.3 is 0 Å². The molecular weight excluding hydrogens is 296 g/mol. The highest BCUT2D eigenvalue weighted by Crippen LogP contribution is 2.23. The predicted molar refractivity (Wildman–Crippen MR) is 80.5 cm³/mol. The van der Waals surface area contributed by atoms with E-state index >= 15 is 0 Å². The summed E-state index contributed by atoms with van der Waals surface area (Å²) in [7, 11) is -3.16. The second-order valence-electron chi connectivity index (χ2n) is 5.08. The fraction of sp³-hybridized carbons (Fsp3) is 0.615. The van der Waals surface area contributed by atoms with Crippen molar-refractivity contribution in [3.05, 3.63) is 22.4 Å². The molecule has 1 amide bonds. The van der Waals surface area contributed by atoms with Crippen LogP contribution in [0.4, 0.5) is 0 Å². The lowest BCUT2D eigenvalue weighted by Crippen LogP contribution is -2.45. The summed E-state index contributed by atoms with van der Waals surface area (Å²) in [5, 5.41) is 1.90. The third-order valence-corrected chi connectivity index (χ3v) is 5.05. The van der Waals surface area contributed by atoms with E-state index in [1.54, 1.807) is 0 Å². The number of sulfonamides is 1. The summed E-state index contributed by atoms with van der Waals surface area (Å²) < 4.78 is 24.7. The highest BCUT2D eigenvalue weighted by molar-refractivity contribution is 7.88. The fourth-order valence-electron chi connectivity index (χ4n) is 2.52. The molecule has 5 nitrogen and oxygen atoms in total. The first-order valence-electron chi connectivity index (χ1n) is 6.76. The molecule has 1 aliphatic heterocycles. The highest BCUT2D eigenvalue weighted by atomic mass is 32.2. The molecule has 1 unspecified atom stereocenters. The molecule has 1 fully saturated rings. The lowest BCUT2D eigenvalue weighted by molar-refractivity contribution is 0.0609. The molecule has 0 aliphatic carbocycles. The standard InChI is InChI=1S/C13H20N2O3S2/c1-20(17,18)14-8-7-11-5-2-3-9-15(11)13(16)12-6-4-10-19-12/h4,6,10-11,14H,2-3,5,7-9H2,1H3. The van der Waals surface area contributed by atoms with Crippen molar-refractivity contribution < 1.29 is 13.2 Å². The van der Waals surface area contributed by atoms with E-state index < -0.39 is 10.0 Å². The minimum atomic E-state index is -3.16. The van der Waals surface area contributed by atoms with Crippen molar-refractivity contribution in [2.45, 2.75) is 31.7 Å². The lowest BCUT2D eigenvalue weighted by atomic mass is 9.99. The lowest BCUT2D eigenvalue weighted by Gasteiger charge is -2.35. The molecule has 0 bridgehead atoms. The number of piperidine rings is 1. The number of hydrogen-bond acceptors (Lipinski definition) is 4. The van der Waals surface area contributed by atoms with Crippen LogP contribution in [-0.4, -0.2) is 44.6 Å². The zero-order chi connectivity index (χ0) is 14.6. The largest absolute Gasteiger partial charge is 0.335 e. The van der Waals surface area contributed by atoms with E-state index in [1.807, 2.05) is 22.4 Å². The van der Waals surface area contributed by atoms with Gasteiger partial charge in [0.1, 0.15) is 0 Å². The summed E-state index contributed by atoms with van der Waals surface area (Å²) in [4.78, 5) is 15.1. The number of nitrogens with one attached hydrogen (secondary N) is 1. The summed E-state index contributed by atoms with van der Waals surface area (Å²) >= 11 is 1.45. The van der Waals surface area contributed by atoms with Gasteiger partial charge in [0.05, 0.1) is 11.1 Å². The topological polar surface area (TPSA) is 66.5 Å². The van der Waals surface area contributed by atoms with Gasteiger partial charge in [0, 0.05) is 19.1 Å². The van der Waals surface area contributed by atoms with Crippen molar-refractivity contribution in [2.75, 3.05) is 19.3 Å². The van der Waals surface area contributed by atoms with Crippen LogP contribution in [0.1, 0.15) is 35.4 Å². The average Bonchev–Trinajstić information content (AvgIpc) is 2.91. The van der Waals surface area contributed by atoms with E-state index in [1.165, 1.54) is 11.3 Å². The second-order valence-corrected chi connectivity index (χ2v) is 7.86. The summed E-state index contributed by atoms with van der Waals surface area (Å²) in [6, 6.07) is 3.85. The normalized spacial score (nSPS) is 20.1. The number of amides is 1. The third-order valence-electron chi connectivity index (χ3n) is 3.46. The SMILES string of the molecule is CS(=O)(=O)NCCC1CCCCN1C(=O)c1cccs1. The number of thiophene rings is 1.